The van der Waals surface area contributed by atoms with Gasteiger partial charge in [0.2, 0.25) is 16.1 Å². The van der Waals surface area contributed by atoms with Gasteiger partial charge in [-0.25, -0.2) is 0 Å². The second-order valence-corrected chi connectivity index (χ2v) is 12.4. The van der Waals surface area contributed by atoms with Crippen LogP contribution in [0.3, 0.4) is 0 Å². The number of ether oxygens (including phenoxy) is 1. The van der Waals surface area contributed by atoms with Gasteiger partial charge in [-0.2, -0.15) is 11.3 Å². The van der Waals surface area contributed by atoms with Crippen molar-refractivity contribution in [3.05, 3.63) is 105 Å². The van der Waals surface area contributed by atoms with Crippen LogP contribution in [0, 0.1) is 0 Å². The minimum Gasteiger partial charge on any atom is -0.469 e. The van der Waals surface area contributed by atoms with Gasteiger partial charge >= 0.3 is 0 Å². The first-order valence-electron chi connectivity index (χ1n) is 12.4. The minimum absolute atomic E-state index is 0.170. The fraction of sp³-hybridized carbons (Fsp3) is 0.179. The Kier molecular flexibility index (Phi) is 7.65. The number of carbonyl (C=O) groups is 2. The molecule has 3 N–H and O–H groups in total. The number of anilines is 1. The molecule has 12 heteroatoms. The summed E-state index contributed by atoms with van der Waals surface area (Å²) in [6, 6.07) is 20.8. The number of thiocarbonyl (C=S) groups is 1. The van der Waals surface area contributed by atoms with E-state index in [2.05, 4.69) is 15.5 Å². The molecule has 6 rings (SSSR count). The summed E-state index contributed by atoms with van der Waals surface area (Å²) >= 11 is 10.2. The van der Waals surface area contributed by atoms with Crippen LogP contribution in [-0.2, 0) is 20.7 Å². The molecular weight excluding hydrogens is 583 g/mol. The largest absolute Gasteiger partial charge is 0.469 e. The Morgan fingerprint density at radius 1 is 1.10 bits per heavy atom. The second kappa shape index (κ2) is 11.5. The van der Waals surface area contributed by atoms with Crippen molar-refractivity contribution in [1.82, 2.24) is 20.4 Å². The molecule has 2 aromatic carbocycles. The molecular formula is C28H23N5O3S4. The maximum absolute atomic E-state index is 13.5. The van der Waals surface area contributed by atoms with E-state index < -0.39 is 12.1 Å². The average molecular weight is 606 g/mol. The topological polar surface area (TPSA) is 110 Å². The summed E-state index contributed by atoms with van der Waals surface area (Å²) in [6.45, 7) is 0. The van der Waals surface area contributed by atoms with E-state index in [-0.39, 0.29) is 28.7 Å². The average Bonchev–Trinajstić information content (AvgIpc) is 3.66. The van der Waals surface area contributed by atoms with Crippen molar-refractivity contribution in [2.75, 3.05) is 11.5 Å². The van der Waals surface area contributed by atoms with Gasteiger partial charge in [-0.05, 0) is 45.7 Å². The van der Waals surface area contributed by atoms with E-state index in [1.165, 1.54) is 34.4 Å². The third kappa shape index (κ3) is 5.27. The summed E-state index contributed by atoms with van der Waals surface area (Å²) < 4.78 is 6.52. The summed E-state index contributed by atoms with van der Waals surface area (Å²) in [5.74, 6) is 0.0558. The molecule has 0 spiro atoms. The number of rotatable bonds is 8. The van der Waals surface area contributed by atoms with Gasteiger partial charge in [0.1, 0.15) is 28.2 Å². The highest BCUT2D eigenvalue weighted by Crippen LogP contribution is 2.45. The molecule has 2 aliphatic heterocycles. The number of fused-ring (bicyclic) bond motifs is 1. The van der Waals surface area contributed by atoms with Crippen molar-refractivity contribution < 1.29 is 14.3 Å². The summed E-state index contributed by atoms with van der Waals surface area (Å²) in [4.78, 5) is 27.9. The van der Waals surface area contributed by atoms with Crippen molar-refractivity contribution >= 4 is 74.2 Å². The Morgan fingerprint density at radius 3 is 2.40 bits per heavy atom. The van der Waals surface area contributed by atoms with Crippen LogP contribution in [-0.4, -0.2) is 49.1 Å². The number of β-lactam (4-membered cyclic amide) rings is 1. The summed E-state index contributed by atoms with van der Waals surface area (Å²) in [5.41, 5.74) is 9.87. The number of hydrogen-bond donors (Lipinski definition) is 2. The van der Waals surface area contributed by atoms with Crippen LogP contribution < -0.4 is 11.1 Å². The van der Waals surface area contributed by atoms with Crippen molar-refractivity contribution in [2.24, 2.45) is 0 Å². The van der Waals surface area contributed by atoms with Crippen LogP contribution in [0.5, 0.6) is 0 Å². The fourth-order valence-electron chi connectivity index (χ4n) is 4.68. The first-order valence-corrected chi connectivity index (χ1v) is 15.6. The molecule has 2 atom stereocenters. The van der Waals surface area contributed by atoms with Gasteiger partial charge in [0.15, 0.2) is 0 Å². The molecule has 0 radical (unpaired) electrons. The summed E-state index contributed by atoms with van der Waals surface area (Å²) in [5, 5.41) is 15.7. The lowest BCUT2D eigenvalue weighted by molar-refractivity contribution is -0.145. The molecule has 0 bridgehead atoms. The molecule has 0 saturated carbocycles. The lowest BCUT2D eigenvalue weighted by atomic mass is 10.0. The van der Waals surface area contributed by atoms with Gasteiger partial charge in [-0.3, -0.25) is 14.5 Å². The number of benzene rings is 2. The number of carbonyl (C=O) groups excluding carboxylic acids is 2. The number of nitrogen functional groups attached to an aromatic ring is 1. The number of hydrogen-bond acceptors (Lipinski definition) is 10. The highest BCUT2D eigenvalue weighted by Gasteiger charge is 2.54. The van der Waals surface area contributed by atoms with Crippen molar-refractivity contribution in [2.45, 2.75) is 23.9 Å². The number of aromatic nitrogens is 2. The Bertz CT molecular complexity index is 1530. The highest BCUT2D eigenvalue weighted by molar-refractivity contribution is 8.00. The van der Waals surface area contributed by atoms with Gasteiger partial charge in [0.05, 0.1) is 6.42 Å². The van der Waals surface area contributed by atoms with Crippen LogP contribution in [0.15, 0.2) is 83.2 Å². The molecule has 202 valence electrons. The van der Waals surface area contributed by atoms with E-state index in [1.807, 2.05) is 77.5 Å². The zero-order valence-corrected chi connectivity index (χ0v) is 24.2. The van der Waals surface area contributed by atoms with Crippen molar-refractivity contribution in [1.29, 1.82) is 0 Å². The predicted molar refractivity (Wildman–Crippen MR) is 163 cm³/mol. The molecule has 4 heterocycles. The standard InChI is InChI=1S/C28H23N5O3S4/c29-28-32-31-24(40-28)19-15-39-26-21(30-20(34)13-16-11-12-38-14-16)25(35)33(26)22(19)27(37)36-23(17-7-3-1-4-8-17)18-9-5-2-6-10-18/h1-12,14,21,23,26H,13,15H2,(H2,29,32)(H,30,34)/t21-,26-/m1/s1. The lowest BCUT2D eigenvalue weighted by Gasteiger charge is -2.50. The molecule has 8 nitrogen and oxygen atoms in total. The molecule has 2 amide bonds. The smallest absolute Gasteiger partial charge is 0.253 e. The van der Waals surface area contributed by atoms with E-state index in [9.17, 15) is 9.59 Å². The van der Waals surface area contributed by atoms with Crippen molar-refractivity contribution in [3.8, 4) is 0 Å². The molecule has 1 saturated heterocycles. The molecule has 1 fully saturated rings. The SMILES string of the molecule is Nc1nnc(C2=C(C(=S)OC(c3ccccc3)c3ccccc3)N3C(=O)[C@@H](NC(=O)Cc4ccsc4)[C@H]3SC2)s1. The first kappa shape index (κ1) is 26.6. The Balaban J connectivity index is 1.31. The zero-order chi connectivity index (χ0) is 27.6. The number of thioether (sulfide) groups is 1. The zero-order valence-electron chi connectivity index (χ0n) is 20.9. The maximum atomic E-state index is 13.5. The number of nitrogens with zero attached hydrogens (tertiary/aromatic N) is 3. The summed E-state index contributed by atoms with van der Waals surface area (Å²) in [6.07, 6.45) is -0.270. The van der Waals surface area contributed by atoms with E-state index >= 15 is 0 Å². The van der Waals surface area contributed by atoms with Crippen LogP contribution in [0.25, 0.3) is 5.57 Å². The third-order valence-electron chi connectivity index (χ3n) is 6.55. The number of nitrogens with one attached hydrogen (secondary N) is 1. The number of nitrogens with two attached hydrogens (primary N) is 1. The van der Waals surface area contributed by atoms with Crippen LogP contribution in [0.2, 0.25) is 0 Å². The van der Waals surface area contributed by atoms with E-state index in [0.29, 0.717) is 21.6 Å². The first-order chi connectivity index (χ1) is 19.5. The molecule has 40 heavy (non-hydrogen) atoms. The molecule has 0 unspecified atom stereocenters. The monoisotopic (exact) mass is 605 g/mol. The van der Waals surface area contributed by atoms with Gasteiger partial charge in [-0.15, -0.1) is 22.0 Å². The molecule has 2 aliphatic rings. The van der Waals surface area contributed by atoms with E-state index in [1.54, 1.807) is 4.90 Å². The number of amides is 2. The van der Waals surface area contributed by atoms with Crippen LogP contribution >= 0.6 is 46.7 Å². The molecule has 4 aromatic rings. The Hall–Kier alpha value is -3.58. The molecule has 0 aliphatic carbocycles. The normalized spacial score (nSPS) is 18.3. The van der Waals surface area contributed by atoms with Gasteiger partial charge < -0.3 is 15.8 Å². The highest BCUT2D eigenvalue weighted by atomic mass is 32.2. The Morgan fingerprint density at radius 2 is 1.80 bits per heavy atom. The van der Waals surface area contributed by atoms with Gasteiger partial charge in [-0.1, -0.05) is 72.0 Å². The lowest BCUT2D eigenvalue weighted by Crippen LogP contribution is -2.70. The van der Waals surface area contributed by atoms with Gasteiger partial charge in [0.25, 0.3) is 5.91 Å². The minimum atomic E-state index is -0.658. The van der Waals surface area contributed by atoms with Gasteiger partial charge in [0, 0.05) is 11.3 Å². The molecule has 2 aromatic heterocycles. The van der Waals surface area contributed by atoms with Crippen LogP contribution in [0.1, 0.15) is 27.8 Å². The summed E-state index contributed by atoms with van der Waals surface area (Å²) in [7, 11) is 0. The van der Waals surface area contributed by atoms with Crippen LogP contribution in [0.4, 0.5) is 5.13 Å². The van der Waals surface area contributed by atoms with E-state index in [0.717, 1.165) is 22.3 Å². The van der Waals surface area contributed by atoms with E-state index in [4.69, 9.17) is 22.7 Å². The Labute approximate surface area is 248 Å². The maximum Gasteiger partial charge on any atom is 0.253 e. The predicted octanol–water partition coefficient (Wildman–Crippen LogP) is 4.67. The van der Waals surface area contributed by atoms with Crippen molar-refractivity contribution in [3.63, 3.8) is 0 Å². The number of thiophene rings is 1. The third-order valence-corrected chi connectivity index (χ3v) is 9.66. The quantitative estimate of drug-likeness (QED) is 0.220. The second-order valence-electron chi connectivity index (χ2n) is 9.14. The fourth-order valence-corrected chi connectivity index (χ4v) is 7.76.